The van der Waals surface area contributed by atoms with Crippen molar-refractivity contribution in [2.45, 2.75) is 89.3 Å². The van der Waals surface area contributed by atoms with Gasteiger partial charge in [-0.3, -0.25) is 0 Å². The Morgan fingerprint density at radius 2 is 1.56 bits per heavy atom. The molecule has 0 aromatic heterocycles. The predicted octanol–water partition coefficient (Wildman–Crippen LogP) is 1.75. The maximum absolute atomic E-state index is 11.4. The van der Waals surface area contributed by atoms with Gasteiger partial charge < -0.3 is 25.5 Å². The summed E-state index contributed by atoms with van der Waals surface area (Å²) in [6.45, 7) is 4.34. The molecule has 25 heavy (non-hydrogen) atoms. The van der Waals surface area contributed by atoms with E-state index in [1.807, 2.05) is 0 Å². The van der Waals surface area contributed by atoms with Gasteiger partial charge in [0.15, 0.2) is 0 Å². The SMILES string of the molecule is C[C@]12CCC3C(CCC4(O)C[C@@H](O)CC[C@]34C)C1CCC2C(O)(O)O. The highest BCUT2D eigenvalue weighted by Gasteiger charge is 2.66. The number of fused-ring (bicyclic) bond motifs is 5. The predicted molar refractivity (Wildman–Crippen MR) is 92.1 cm³/mol. The van der Waals surface area contributed by atoms with E-state index < -0.39 is 23.6 Å². The van der Waals surface area contributed by atoms with Gasteiger partial charge in [-0.25, -0.2) is 0 Å². The Morgan fingerprint density at radius 3 is 2.24 bits per heavy atom. The standard InChI is InChI=1S/C20H34O5/c1-17-8-7-15-13(14(17)3-4-16(17)20(23,24)25)6-10-19(22)11-12(21)5-9-18(15,19)2/h12-16,21-25H,3-11H2,1-2H3/t12-,13?,14?,15?,16?,17-,18+,19?/m0/s1. The van der Waals surface area contributed by atoms with Gasteiger partial charge in [0.05, 0.1) is 11.7 Å². The van der Waals surface area contributed by atoms with Crippen LogP contribution in [0.1, 0.15) is 71.6 Å². The van der Waals surface area contributed by atoms with Gasteiger partial charge in [-0.2, -0.15) is 0 Å². The summed E-state index contributed by atoms with van der Waals surface area (Å²) in [5.41, 5.74) is -1.19. The molecule has 0 bridgehead atoms. The van der Waals surface area contributed by atoms with Crippen molar-refractivity contribution in [3.8, 4) is 0 Å². The molecule has 4 rings (SSSR count). The van der Waals surface area contributed by atoms with E-state index in [1.54, 1.807) is 0 Å². The molecule has 0 spiro atoms. The van der Waals surface area contributed by atoms with E-state index in [4.69, 9.17) is 0 Å². The summed E-state index contributed by atoms with van der Waals surface area (Å²) < 4.78 is 0. The van der Waals surface area contributed by atoms with Crippen LogP contribution >= 0.6 is 0 Å². The van der Waals surface area contributed by atoms with Crippen molar-refractivity contribution in [3.63, 3.8) is 0 Å². The van der Waals surface area contributed by atoms with Crippen molar-refractivity contribution in [1.29, 1.82) is 0 Å². The van der Waals surface area contributed by atoms with Gasteiger partial charge in [0, 0.05) is 12.3 Å². The second kappa shape index (κ2) is 5.41. The summed E-state index contributed by atoms with van der Waals surface area (Å²) in [5.74, 6) is -1.83. The molecule has 144 valence electrons. The molecule has 5 unspecified atom stereocenters. The molecule has 5 heteroatoms. The summed E-state index contributed by atoms with van der Waals surface area (Å²) >= 11 is 0. The largest absolute Gasteiger partial charge is 0.393 e. The lowest BCUT2D eigenvalue weighted by Crippen LogP contribution is -2.63. The number of aliphatic hydroxyl groups is 5. The minimum Gasteiger partial charge on any atom is -0.393 e. The van der Waals surface area contributed by atoms with E-state index in [0.29, 0.717) is 30.6 Å². The zero-order chi connectivity index (χ0) is 18.3. The first-order valence-electron chi connectivity index (χ1n) is 10.1. The fraction of sp³-hybridized carbons (Fsp3) is 1.00. The molecule has 4 saturated carbocycles. The smallest absolute Gasteiger partial charge is 0.278 e. The molecule has 5 nitrogen and oxygen atoms in total. The highest BCUT2D eigenvalue weighted by Crippen LogP contribution is 2.69. The van der Waals surface area contributed by atoms with E-state index in [2.05, 4.69) is 13.8 Å². The molecule has 4 fully saturated rings. The van der Waals surface area contributed by atoms with Crippen LogP contribution in [-0.4, -0.2) is 43.2 Å². The fourth-order valence-electron chi connectivity index (χ4n) is 7.87. The lowest BCUT2D eigenvalue weighted by molar-refractivity contribution is -0.359. The Morgan fingerprint density at radius 1 is 0.840 bits per heavy atom. The van der Waals surface area contributed by atoms with E-state index in [-0.39, 0.29) is 10.8 Å². The molecule has 0 heterocycles. The second-order valence-electron chi connectivity index (χ2n) is 10.1. The van der Waals surface area contributed by atoms with Crippen molar-refractivity contribution < 1.29 is 25.5 Å². The van der Waals surface area contributed by atoms with Crippen LogP contribution < -0.4 is 0 Å². The van der Waals surface area contributed by atoms with Crippen molar-refractivity contribution in [1.82, 2.24) is 0 Å². The first-order valence-corrected chi connectivity index (χ1v) is 10.1. The Bertz CT molecular complexity index is 545. The summed E-state index contributed by atoms with van der Waals surface area (Å²) in [4.78, 5) is 0. The minimum absolute atomic E-state index is 0.163. The third-order valence-corrected chi connectivity index (χ3v) is 9.25. The molecule has 0 saturated heterocycles. The lowest BCUT2D eigenvalue weighted by atomic mass is 9.43. The maximum atomic E-state index is 11.4. The van der Waals surface area contributed by atoms with Crippen LogP contribution in [0.15, 0.2) is 0 Å². The first kappa shape index (κ1) is 18.2. The maximum Gasteiger partial charge on any atom is 0.278 e. The Hall–Kier alpha value is -0.200. The van der Waals surface area contributed by atoms with E-state index >= 15 is 0 Å². The molecular weight excluding hydrogens is 320 g/mol. The van der Waals surface area contributed by atoms with Gasteiger partial charge in [-0.05, 0) is 80.0 Å². The van der Waals surface area contributed by atoms with E-state index in [9.17, 15) is 25.5 Å². The van der Waals surface area contributed by atoms with Crippen molar-refractivity contribution >= 4 is 0 Å². The van der Waals surface area contributed by atoms with Gasteiger partial charge >= 0.3 is 0 Å². The normalized spacial score (nSPS) is 56.0. The third kappa shape index (κ3) is 2.39. The van der Waals surface area contributed by atoms with Gasteiger partial charge in [-0.15, -0.1) is 0 Å². The average Bonchev–Trinajstić information content (AvgIpc) is 2.86. The fourth-order valence-corrected chi connectivity index (χ4v) is 7.87. The summed E-state index contributed by atoms with van der Waals surface area (Å²) in [6, 6.07) is 0. The lowest BCUT2D eigenvalue weighted by Gasteiger charge is -2.64. The molecule has 0 aromatic rings. The molecule has 4 aliphatic carbocycles. The zero-order valence-corrected chi connectivity index (χ0v) is 15.5. The van der Waals surface area contributed by atoms with Crippen LogP contribution in [-0.2, 0) is 0 Å². The zero-order valence-electron chi connectivity index (χ0n) is 15.5. The number of rotatable bonds is 1. The molecule has 4 aliphatic rings. The molecule has 0 aromatic carbocycles. The number of hydrogen-bond acceptors (Lipinski definition) is 5. The number of hydrogen-bond donors (Lipinski definition) is 5. The quantitative estimate of drug-likeness (QED) is 0.462. The van der Waals surface area contributed by atoms with Gasteiger partial charge in [-0.1, -0.05) is 13.8 Å². The molecule has 8 atom stereocenters. The van der Waals surface area contributed by atoms with Gasteiger partial charge in [0.25, 0.3) is 5.97 Å². The highest BCUT2D eigenvalue weighted by atomic mass is 16.7. The van der Waals surface area contributed by atoms with Gasteiger partial charge in [0.1, 0.15) is 0 Å². The molecule has 0 radical (unpaired) electrons. The van der Waals surface area contributed by atoms with Crippen LogP contribution in [0, 0.1) is 34.5 Å². The Balaban J connectivity index is 1.64. The summed E-state index contributed by atoms with van der Waals surface area (Å²) in [5, 5.41) is 51.1. The average molecular weight is 354 g/mol. The Labute approximate surface area is 150 Å². The summed E-state index contributed by atoms with van der Waals surface area (Å²) in [6.07, 6.45) is 6.77. The Kier molecular flexibility index (Phi) is 3.94. The van der Waals surface area contributed by atoms with Crippen molar-refractivity contribution in [2.24, 2.45) is 34.5 Å². The van der Waals surface area contributed by atoms with E-state index in [0.717, 1.165) is 44.9 Å². The number of aliphatic hydroxyl groups excluding tert-OH is 1. The summed E-state index contributed by atoms with van der Waals surface area (Å²) in [7, 11) is 0. The van der Waals surface area contributed by atoms with Crippen LogP contribution in [0.2, 0.25) is 0 Å². The minimum atomic E-state index is -2.59. The van der Waals surface area contributed by atoms with Crippen LogP contribution in [0.4, 0.5) is 0 Å². The molecular formula is C20H34O5. The molecule has 5 N–H and O–H groups in total. The molecule has 0 aliphatic heterocycles. The second-order valence-corrected chi connectivity index (χ2v) is 10.1. The van der Waals surface area contributed by atoms with Crippen LogP contribution in [0.25, 0.3) is 0 Å². The van der Waals surface area contributed by atoms with Gasteiger partial charge in [0.2, 0.25) is 0 Å². The monoisotopic (exact) mass is 354 g/mol. The first-order chi connectivity index (χ1) is 11.5. The highest BCUT2D eigenvalue weighted by molar-refractivity contribution is 5.14. The third-order valence-electron chi connectivity index (χ3n) is 9.25. The topological polar surface area (TPSA) is 101 Å². The van der Waals surface area contributed by atoms with Crippen LogP contribution in [0.5, 0.6) is 0 Å². The van der Waals surface area contributed by atoms with Crippen LogP contribution in [0.3, 0.4) is 0 Å². The molecule has 0 amide bonds. The van der Waals surface area contributed by atoms with Crippen molar-refractivity contribution in [3.05, 3.63) is 0 Å². The van der Waals surface area contributed by atoms with E-state index in [1.165, 1.54) is 0 Å². The van der Waals surface area contributed by atoms with Crippen molar-refractivity contribution in [2.75, 3.05) is 0 Å².